The van der Waals surface area contributed by atoms with Gasteiger partial charge in [0, 0.05) is 31.6 Å². The summed E-state index contributed by atoms with van der Waals surface area (Å²) in [7, 11) is -1.13. The van der Waals surface area contributed by atoms with Gasteiger partial charge in [-0.15, -0.1) is 11.6 Å². The highest BCUT2D eigenvalue weighted by molar-refractivity contribution is 7.89. The lowest BCUT2D eigenvalue weighted by atomic mass is 10.2. The van der Waals surface area contributed by atoms with Crippen molar-refractivity contribution in [2.24, 2.45) is 0 Å². The number of hydrogen-bond donors (Lipinski definition) is 0. The van der Waals surface area contributed by atoms with Gasteiger partial charge in [-0.05, 0) is 14.0 Å². The van der Waals surface area contributed by atoms with E-state index in [2.05, 4.69) is 4.90 Å². The van der Waals surface area contributed by atoms with E-state index in [-0.39, 0.29) is 17.7 Å². The summed E-state index contributed by atoms with van der Waals surface area (Å²) in [5.74, 6) is 0.212. The van der Waals surface area contributed by atoms with Gasteiger partial charge in [0.15, 0.2) is 0 Å². The summed E-state index contributed by atoms with van der Waals surface area (Å²) in [6, 6.07) is 0.0574. The number of sulfonamides is 1. The van der Waals surface area contributed by atoms with Crippen LogP contribution in [0.5, 0.6) is 0 Å². The van der Waals surface area contributed by atoms with Gasteiger partial charge in [-0.2, -0.15) is 4.31 Å². The topological polar surface area (TPSA) is 40.6 Å². The van der Waals surface area contributed by atoms with Gasteiger partial charge >= 0.3 is 0 Å². The van der Waals surface area contributed by atoms with Crippen LogP contribution in [-0.2, 0) is 10.0 Å². The number of alkyl halides is 1. The van der Waals surface area contributed by atoms with Gasteiger partial charge in [-0.25, -0.2) is 8.42 Å². The maximum atomic E-state index is 11.7. The molecule has 1 rings (SSSR count). The highest BCUT2D eigenvalue weighted by Gasteiger charge is 2.30. The lowest BCUT2D eigenvalue weighted by Crippen LogP contribution is -2.53. The molecule has 1 heterocycles. The van der Waals surface area contributed by atoms with Crippen LogP contribution in [0.25, 0.3) is 0 Å². The minimum atomic E-state index is -3.13. The van der Waals surface area contributed by atoms with E-state index in [9.17, 15) is 8.42 Å². The van der Waals surface area contributed by atoms with Crippen molar-refractivity contribution in [1.29, 1.82) is 0 Å². The number of halogens is 1. The first-order valence-electron chi connectivity index (χ1n) is 4.71. The van der Waals surface area contributed by atoms with Gasteiger partial charge in [0.25, 0.3) is 0 Å². The predicted molar refractivity (Wildman–Crippen MR) is 58.2 cm³/mol. The Morgan fingerprint density at radius 3 is 2.57 bits per heavy atom. The maximum absolute atomic E-state index is 11.7. The second-order valence-corrected chi connectivity index (χ2v) is 6.15. The van der Waals surface area contributed by atoms with Crippen molar-refractivity contribution in [3.63, 3.8) is 0 Å². The molecule has 84 valence electrons. The summed E-state index contributed by atoms with van der Waals surface area (Å²) >= 11 is 5.47. The fraction of sp³-hybridized carbons (Fsp3) is 1.00. The molecular formula is C8H17ClN2O2S. The molecule has 0 saturated carbocycles. The Morgan fingerprint density at radius 2 is 2.07 bits per heavy atom. The van der Waals surface area contributed by atoms with E-state index in [1.807, 2.05) is 14.0 Å². The Hall–Kier alpha value is 0.160. The highest BCUT2D eigenvalue weighted by atomic mass is 35.5. The summed E-state index contributed by atoms with van der Waals surface area (Å²) < 4.78 is 25.0. The minimum Gasteiger partial charge on any atom is -0.303 e. The van der Waals surface area contributed by atoms with E-state index < -0.39 is 10.0 Å². The van der Waals surface area contributed by atoms with Crippen LogP contribution in [0.15, 0.2) is 0 Å². The van der Waals surface area contributed by atoms with Gasteiger partial charge < -0.3 is 4.90 Å². The molecule has 1 saturated heterocycles. The first-order chi connectivity index (χ1) is 6.47. The van der Waals surface area contributed by atoms with Gasteiger partial charge in [-0.3, -0.25) is 0 Å². The second kappa shape index (κ2) is 4.79. The Kier molecular flexibility index (Phi) is 4.18. The Bertz CT molecular complexity index is 281. The van der Waals surface area contributed by atoms with Crippen LogP contribution in [-0.4, -0.2) is 62.0 Å². The van der Waals surface area contributed by atoms with E-state index in [4.69, 9.17) is 11.6 Å². The minimum absolute atomic E-state index is 0.0443. The van der Waals surface area contributed by atoms with Crippen molar-refractivity contribution in [1.82, 2.24) is 9.21 Å². The van der Waals surface area contributed by atoms with Crippen LogP contribution in [0, 0.1) is 0 Å². The van der Waals surface area contributed by atoms with Crippen LogP contribution in [0.2, 0.25) is 0 Å². The molecule has 1 aliphatic heterocycles. The summed E-state index contributed by atoms with van der Waals surface area (Å²) in [4.78, 5) is 2.14. The normalized spacial score (nSPS) is 26.6. The quantitative estimate of drug-likeness (QED) is 0.662. The van der Waals surface area contributed by atoms with Gasteiger partial charge in [0.1, 0.15) is 0 Å². The zero-order valence-electron chi connectivity index (χ0n) is 8.61. The van der Waals surface area contributed by atoms with Crippen molar-refractivity contribution in [2.45, 2.75) is 13.0 Å². The average Bonchev–Trinajstić information content (AvgIpc) is 2.02. The van der Waals surface area contributed by atoms with Crippen LogP contribution < -0.4 is 0 Å². The molecule has 0 aromatic rings. The monoisotopic (exact) mass is 240 g/mol. The molecule has 1 unspecified atom stereocenters. The number of likely N-dealkylation sites (N-methyl/N-ethyl adjacent to an activating group) is 1. The number of piperazine rings is 1. The molecule has 4 nitrogen and oxygen atoms in total. The third-order valence-electron chi connectivity index (χ3n) is 2.46. The lowest BCUT2D eigenvalue weighted by molar-refractivity contribution is 0.170. The summed E-state index contributed by atoms with van der Waals surface area (Å²) in [6.45, 7) is 4.10. The zero-order chi connectivity index (χ0) is 10.8. The fourth-order valence-corrected chi connectivity index (χ4v) is 3.74. The van der Waals surface area contributed by atoms with Crippen LogP contribution in [0.3, 0.4) is 0 Å². The molecule has 0 aliphatic carbocycles. The number of hydrogen-bond acceptors (Lipinski definition) is 3. The number of rotatable bonds is 3. The molecule has 6 heteroatoms. The third-order valence-corrected chi connectivity index (χ3v) is 4.85. The zero-order valence-corrected chi connectivity index (χ0v) is 10.2. The lowest BCUT2D eigenvalue weighted by Gasteiger charge is -2.37. The van der Waals surface area contributed by atoms with E-state index in [1.54, 1.807) is 4.31 Å². The smallest absolute Gasteiger partial charge is 0.215 e. The van der Waals surface area contributed by atoms with E-state index in [1.165, 1.54) is 0 Å². The maximum Gasteiger partial charge on any atom is 0.215 e. The van der Waals surface area contributed by atoms with Crippen molar-refractivity contribution >= 4 is 21.6 Å². The molecule has 0 aromatic carbocycles. The molecule has 0 aromatic heterocycles. The SMILES string of the molecule is CC1CN(C)CCN1S(=O)(=O)CCCl. The molecule has 1 atom stereocenters. The van der Waals surface area contributed by atoms with Crippen LogP contribution in [0.4, 0.5) is 0 Å². The summed E-state index contributed by atoms with van der Waals surface area (Å²) in [6.07, 6.45) is 0. The predicted octanol–water partition coefficient (Wildman–Crippen LogP) is 0.191. The van der Waals surface area contributed by atoms with E-state index >= 15 is 0 Å². The highest BCUT2D eigenvalue weighted by Crippen LogP contribution is 2.13. The molecule has 0 radical (unpaired) electrons. The molecule has 0 amide bonds. The van der Waals surface area contributed by atoms with E-state index in [0.29, 0.717) is 6.54 Å². The van der Waals surface area contributed by atoms with Crippen LogP contribution >= 0.6 is 11.6 Å². The molecule has 1 fully saturated rings. The molecular weight excluding hydrogens is 224 g/mol. The van der Waals surface area contributed by atoms with Crippen LogP contribution in [0.1, 0.15) is 6.92 Å². The summed E-state index contributed by atoms with van der Waals surface area (Å²) in [5, 5.41) is 0. The van der Waals surface area contributed by atoms with Crippen molar-refractivity contribution in [3.05, 3.63) is 0 Å². The summed E-state index contributed by atoms with van der Waals surface area (Å²) in [5.41, 5.74) is 0. The average molecular weight is 241 g/mol. The molecule has 14 heavy (non-hydrogen) atoms. The number of nitrogens with zero attached hydrogens (tertiary/aromatic N) is 2. The van der Waals surface area contributed by atoms with E-state index in [0.717, 1.165) is 13.1 Å². The fourth-order valence-electron chi connectivity index (χ4n) is 1.75. The third kappa shape index (κ3) is 2.82. The first kappa shape index (κ1) is 12.2. The molecule has 1 aliphatic rings. The molecule has 0 bridgehead atoms. The Balaban J connectivity index is 2.69. The Morgan fingerprint density at radius 1 is 1.43 bits per heavy atom. The van der Waals surface area contributed by atoms with Gasteiger partial charge in [-0.1, -0.05) is 0 Å². The van der Waals surface area contributed by atoms with Gasteiger partial charge in [0.05, 0.1) is 5.75 Å². The Labute approximate surface area is 90.9 Å². The van der Waals surface area contributed by atoms with Crippen molar-refractivity contribution in [2.75, 3.05) is 38.3 Å². The van der Waals surface area contributed by atoms with Crippen molar-refractivity contribution in [3.8, 4) is 0 Å². The second-order valence-electron chi connectivity index (χ2n) is 3.73. The largest absolute Gasteiger partial charge is 0.303 e. The van der Waals surface area contributed by atoms with Crippen molar-refractivity contribution < 1.29 is 8.42 Å². The van der Waals surface area contributed by atoms with Gasteiger partial charge in [0.2, 0.25) is 10.0 Å². The standard InChI is InChI=1S/C8H17ClN2O2S/c1-8-7-10(2)4-5-11(8)14(12,13)6-3-9/h8H,3-7H2,1-2H3. The molecule has 0 spiro atoms. The first-order valence-corrected chi connectivity index (χ1v) is 6.86. The molecule has 0 N–H and O–H groups in total.